The quantitative estimate of drug-likeness (QED) is 0.484. The fraction of sp³-hybridized carbons (Fsp3) is 1.00. The third-order valence-corrected chi connectivity index (χ3v) is 3.08. The number of unbranched alkanes of at least 4 members (excludes halogenated alkanes) is 5. The zero-order chi connectivity index (χ0) is 11.5. The first-order valence-electron chi connectivity index (χ1n) is 6.96. The SMILES string of the molecule is CCCCCCN(CCCCC)C(C)C. The van der Waals surface area contributed by atoms with Gasteiger partial charge in [0.05, 0.1) is 0 Å². The van der Waals surface area contributed by atoms with Crippen molar-refractivity contribution in [2.45, 2.75) is 78.7 Å². The van der Waals surface area contributed by atoms with Crippen molar-refractivity contribution < 1.29 is 0 Å². The molecule has 92 valence electrons. The van der Waals surface area contributed by atoms with Crippen molar-refractivity contribution in [3.8, 4) is 0 Å². The van der Waals surface area contributed by atoms with E-state index >= 15 is 0 Å². The maximum atomic E-state index is 2.64. The predicted molar refractivity (Wildman–Crippen MR) is 70.4 cm³/mol. The minimum Gasteiger partial charge on any atom is -0.301 e. The lowest BCUT2D eigenvalue weighted by Gasteiger charge is -2.26. The monoisotopic (exact) mass is 213 g/mol. The first-order valence-corrected chi connectivity index (χ1v) is 6.96. The molecule has 15 heavy (non-hydrogen) atoms. The Labute approximate surface area is 97.2 Å². The molecular weight excluding hydrogens is 182 g/mol. The van der Waals surface area contributed by atoms with Gasteiger partial charge in [-0.1, -0.05) is 46.0 Å². The normalized spacial score (nSPS) is 11.6. The van der Waals surface area contributed by atoms with Crippen LogP contribution in [0, 0.1) is 0 Å². The molecule has 0 aromatic heterocycles. The number of nitrogens with zero attached hydrogens (tertiary/aromatic N) is 1. The van der Waals surface area contributed by atoms with Crippen LogP contribution in [0.25, 0.3) is 0 Å². The minimum atomic E-state index is 0.725. The van der Waals surface area contributed by atoms with Gasteiger partial charge in [0.25, 0.3) is 0 Å². The highest BCUT2D eigenvalue weighted by Gasteiger charge is 2.07. The van der Waals surface area contributed by atoms with Crippen LogP contribution in [0.1, 0.15) is 72.6 Å². The first-order chi connectivity index (χ1) is 7.22. The van der Waals surface area contributed by atoms with E-state index in [0.29, 0.717) is 0 Å². The Balaban J connectivity index is 3.54. The van der Waals surface area contributed by atoms with E-state index in [2.05, 4.69) is 32.6 Å². The fourth-order valence-corrected chi connectivity index (χ4v) is 1.93. The molecule has 0 bridgehead atoms. The summed E-state index contributed by atoms with van der Waals surface area (Å²) in [5.74, 6) is 0. The number of hydrogen-bond donors (Lipinski definition) is 0. The van der Waals surface area contributed by atoms with Crippen molar-refractivity contribution in [2.24, 2.45) is 0 Å². The summed E-state index contributed by atoms with van der Waals surface area (Å²) in [6.45, 7) is 11.8. The molecule has 0 aliphatic heterocycles. The van der Waals surface area contributed by atoms with Crippen LogP contribution in [0.5, 0.6) is 0 Å². The molecule has 0 saturated heterocycles. The molecular formula is C14H31N. The van der Waals surface area contributed by atoms with Crippen molar-refractivity contribution in [2.75, 3.05) is 13.1 Å². The smallest absolute Gasteiger partial charge is 0.00385 e. The third-order valence-electron chi connectivity index (χ3n) is 3.08. The molecule has 0 unspecified atom stereocenters. The standard InChI is InChI=1S/C14H31N/c1-5-7-9-11-13-15(14(3)4)12-10-8-6-2/h14H,5-13H2,1-4H3. The van der Waals surface area contributed by atoms with Crippen molar-refractivity contribution in [3.05, 3.63) is 0 Å². The van der Waals surface area contributed by atoms with Gasteiger partial charge in [-0.05, 0) is 39.8 Å². The molecule has 0 saturated carbocycles. The lowest BCUT2D eigenvalue weighted by Crippen LogP contribution is -2.32. The molecule has 0 radical (unpaired) electrons. The molecule has 0 aliphatic carbocycles. The van der Waals surface area contributed by atoms with Crippen LogP contribution in [-0.4, -0.2) is 24.0 Å². The zero-order valence-corrected chi connectivity index (χ0v) is 11.4. The molecule has 0 aromatic carbocycles. The second-order valence-electron chi connectivity index (χ2n) is 4.90. The molecule has 0 aliphatic rings. The molecule has 0 rings (SSSR count). The van der Waals surface area contributed by atoms with Gasteiger partial charge in [0, 0.05) is 6.04 Å². The van der Waals surface area contributed by atoms with E-state index in [9.17, 15) is 0 Å². The van der Waals surface area contributed by atoms with E-state index in [0.717, 1.165) is 6.04 Å². The Morgan fingerprint density at radius 1 is 0.733 bits per heavy atom. The van der Waals surface area contributed by atoms with Gasteiger partial charge < -0.3 is 4.90 Å². The highest BCUT2D eigenvalue weighted by molar-refractivity contribution is 4.62. The van der Waals surface area contributed by atoms with Crippen LogP contribution in [0.3, 0.4) is 0 Å². The summed E-state index contributed by atoms with van der Waals surface area (Å²) in [6, 6.07) is 0.725. The topological polar surface area (TPSA) is 3.24 Å². The van der Waals surface area contributed by atoms with Crippen molar-refractivity contribution >= 4 is 0 Å². The van der Waals surface area contributed by atoms with Crippen LogP contribution in [-0.2, 0) is 0 Å². The Morgan fingerprint density at radius 3 is 1.67 bits per heavy atom. The number of rotatable bonds is 10. The number of hydrogen-bond acceptors (Lipinski definition) is 1. The highest BCUT2D eigenvalue weighted by Crippen LogP contribution is 2.07. The molecule has 0 amide bonds. The Hall–Kier alpha value is -0.0400. The van der Waals surface area contributed by atoms with Crippen molar-refractivity contribution in [3.63, 3.8) is 0 Å². The van der Waals surface area contributed by atoms with Crippen LogP contribution in [0.2, 0.25) is 0 Å². The van der Waals surface area contributed by atoms with Crippen molar-refractivity contribution in [1.29, 1.82) is 0 Å². The average Bonchev–Trinajstić information content (AvgIpc) is 2.21. The second-order valence-corrected chi connectivity index (χ2v) is 4.90. The van der Waals surface area contributed by atoms with Gasteiger partial charge in [0.2, 0.25) is 0 Å². The van der Waals surface area contributed by atoms with Crippen LogP contribution >= 0.6 is 0 Å². The summed E-state index contributed by atoms with van der Waals surface area (Å²) in [4.78, 5) is 2.64. The van der Waals surface area contributed by atoms with Gasteiger partial charge in [-0.2, -0.15) is 0 Å². The molecule has 0 heterocycles. The van der Waals surface area contributed by atoms with Crippen molar-refractivity contribution in [1.82, 2.24) is 4.90 Å². The van der Waals surface area contributed by atoms with Crippen LogP contribution in [0.4, 0.5) is 0 Å². The van der Waals surface area contributed by atoms with Gasteiger partial charge in [-0.3, -0.25) is 0 Å². The summed E-state index contributed by atoms with van der Waals surface area (Å²) < 4.78 is 0. The molecule has 0 aromatic rings. The first kappa shape index (κ1) is 15.0. The Kier molecular flexibility index (Phi) is 10.4. The predicted octanol–water partition coefficient (Wildman–Crippen LogP) is 4.47. The lowest BCUT2D eigenvalue weighted by molar-refractivity contribution is 0.212. The van der Waals surface area contributed by atoms with E-state index in [1.807, 2.05) is 0 Å². The molecule has 0 spiro atoms. The summed E-state index contributed by atoms with van der Waals surface area (Å²) >= 11 is 0. The second kappa shape index (κ2) is 10.5. The largest absolute Gasteiger partial charge is 0.301 e. The summed E-state index contributed by atoms with van der Waals surface area (Å²) in [5.41, 5.74) is 0. The van der Waals surface area contributed by atoms with E-state index in [4.69, 9.17) is 0 Å². The zero-order valence-electron chi connectivity index (χ0n) is 11.4. The van der Waals surface area contributed by atoms with E-state index < -0.39 is 0 Å². The third kappa shape index (κ3) is 8.92. The molecule has 0 atom stereocenters. The van der Waals surface area contributed by atoms with E-state index in [1.165, 1.54) is 58.0 Å². The van der Waals surface area contributed by atoms with Gasteiger partial charge >= 0.3 is 0 Å². The summed E-state index contributed by atoms with van der Waals surface area (Å²) in [5, 5.41) is 0. The van der Waals surface area contributed by atoms with E-state index in [1.54, 1.807) is 0 Å². The van der Waals surface area contributed by atoms with Crippen LogP contribution < -0.4 is 0 Å². The van der Waals surface area contributed by atoms with Gasteiger partial charge in [0.1, 0.15) is 0 Å². The molecule has 1 heteroatoms. The van der Waals surface area contributed by atoms with Crippen LogP contribution in [0.15, 0.2) is 0 Å². The van der Waals surface area contributed by atoms with Gasteiger partial charge in [-0.15, -0.1) is 0 Å². The fourth-order valence-electron chi connectivity index (χ4n) is 1.93. The maximum Gasteiger partial charge on any atom is 0.00385 e. The Morgan fingerprint density at radius 2 is 1.20 bits per heavy atom. The summed E-state index contributed by atoms with van der Waals surface area (Å²) in [7, 11) is 0. The van der Waals surface area contributed by atoms with Gasteiger partial charge in [-0.25, -0.2) is 0 Å². The maximum absolute atomic E-state index is 2.64. The lowest BCUT2D eigenvalue weighted by atomic mass is 10.1. The minimum absolute atomic E-state index is 0.725. The molecule has 0 fully saturated rings. The highest BCUT2D eigenvalue weighted by atomic mass is 15.1. The average molecular weight is 213 g/mol. The summed E-state index contributed by atoms with van der Waals surface area (Å²) in [6.07, 6.45) is 9.65. The van der Waals surface area contributed by atoms with E-state index in [-0.39, 0.29) is 0 Å². The van der Waals surface area contributed by atoms with Gasteiger partial charge in [0.15, 0.2) is 0 Å². The molecule has 0 N–H and O–H groups in total. The molecule has 1 nitrogen and oxygen atoms in total. The Bertz CT molecular complexity index is 121.